The predicted molar refractivity (Wildman–Crippen MR) is 61.7 cm³/mol. The minimum absolute atomic E-state index is 0.114. The highest BCUT2D eigenvalue weighted by Crippen LogP contribution is 2.11. The molecule has 2 aromatic heterocycles. The zero-order chi connectivity index (χ0) is 13.2. The molecule has 0 bridgehead atoms. The van der Waals surface area contributed by atoms with Crippen LogP contribution < -0.4 is 4.72 Å². The molecule has 0 saturated carbocycles. The molecule has 3 N–H and O–H groups in total. The van der Waals surface area contributed by atoms with Gasteiger partial charge < -0.3 is 5.11 Å². The summed E-state index contributed by atoms with van der Waals surface area (Å²) in [6.07, 6.45) is 2.86. The van der Waals surface area contributed by atoms with Gasteiger partial charge in [-0.15, -0.1) is 0 Å². The molecule has 2 heterocycles. The van der Waals surface area contributed by atoms with Gasteiger partial charge in [0, 0.05) is 18.8 Å². The van der Waals surface area contributed by atoms with E-state index < -0.39 is 16.6 Å². The molecule has 0 aliphatic carbocycles. The Morgan fingerprint density at radius 2 is 2.33 bits per heavy atom. The van der Waals surface area contributed by atoms with Crippen LogP contribution in [-0.2, 0) is 30.2 Å². The number of nitrogens with zero attached hydrogens (tertiary/aromatic N) is 3. The number of aliphatic hydroxyl groups excluding tert-OH is 1. The second-order valence-electron chi connectivity index (χ2n) is 3.65. The zero-order valence-corrected chi connectivity index (χ0v) is 10.5. The molecule has 0 aliphatic rings. The summed E-state index contributed by atoms with van der Waals surface area (Å²) in [6.45, 7) is -0.277. The average Bonchev–Trinajstić information content (AvgIpc) is 2.95. The van der Waals surface area contributed by atoms with Crippen molar-refractivity contribution < 1.29 is 13.5 Å². The summed E-state index contributed by atoms with van der Waals surface area (Å²) in [5.41, 5.74) is 0.955. The highest BCUT2D eigenvalue weighted by molar-refractivity contribution is 7.89. The van der Waals surface area contributed by atoms with Gasteiger partial charge in [-0.05, 0) is 6.07 Å². The van der Waals surface area contributed by atoms with Crippen molar-refractivity contribution in [2.75, 3.05) is 0 Å². The molecular weight excluding hydrogens is 258 g/mol. The van der Waals surface area contributed by atoms with Crippen LogP contribution in [-0.4, -0.2) is 33.5 Å². The van der Waals surface area contributed by atoms with Crippen LogP contribution in [0.4, 0.5) is 0 Å². The van der Waals surface area contributed by atoms with Gasteiger partial charge in [0.2, 0.25) is 0 Å². The Labute approximate surface area is 104 Å². The number of nitrogens with one attached hydrogen (secondary N) is 2. The van der Waals surface area contributed by atoms with E-state index in [4.69, 9.17) is 5.11 Å². The maximum absolute atomic E-state index is 12.0. The lowest BCUT2D eigenvalue weighted by molar-refractivity contribution is 0.278. The van der Waals surface area contributed by atoms with Gasteiger partial charge in [0.1, 0.15) is 0 Å². The fraction of sp³-hybridized carbons (Fsp3) is 0.333. The van der Waals surface area contributed by atoms with Crippen LogP contribution in [0.2, 0.25) is 0 Å². The van der Waals surface area contributed by atoms with Crippen molar-refractivity contribution in [3.8, 4) is 0 Å². The van der Waals surface area contributed by atoms with Gasteiger partial charge in [0.25, 0.3) is 10.0 Å². The van der Waals surface area contributed by atoms with E-state index in [-0.39, 0.29) is 17.1 Å². The SMILES string of the molecule is Cn1nccc1CNS(=O)(=O)c1[nH]ncc1CO. The number of H-pyrrole nitrogens is 1. The highest BCUT2D eigenvalue weighted by atomic mass is 32.2. The lowest BCUT2D eigenvalue weighted by atomic mass is 10.4. The molecule has 0 radical (unpaired) electrons. The molecule has 0 atom stereocenters. The molecule has 0 aliphatic heterocycles. The lowest BCUT2D eigenvalue weighted by Gasteiger charge is -2.06. The largest absolute Gasteiger partial charge is 0.392 e. The number of sulfonamides is 1. The van der Waals surface area contributed by atoms with Crippen molar-refractivity contribution in [1.29, 1.82) is 0 Å². The minimum atomic E-state index is -3.72. The first-order valence-electron chi connectivity index (χ1n) is 5.14. The first kappa shape index (κ1) is 12.7. The Morgan fingerprint density at radius 3 is 2.94 bits per heavy atom. The molecule has 8 nitrogen and oxygen atoms in total. The van der Waals surface area contributed by atoms with E-state index >= 15 is 0 Å². The van der Waals surface area contributed by atoms with E-state index in [1.165, 1.54) is 6.20 Å². The van der Waals surface area contributed by atoms with Crippen molar-refractivity contribution in [2.24, 2.45) is 7.05 Å². The van der Waals surface area contributed by atoms with E-state index in [1.54, 1.807) is 24.0 Å². The van der Waals surface area contributed by atoms with E-state index in [9.17, 15) is 8.42 Å². The Bertz CT molecular complexity index is 630. The van der Waals surface area contributed by atoms with Crippen LogP contribution in [0.1, 0.15) is 11.3 Å². The third kappa shape index (κ3) is 2.42. The molecular formula is C9H13N5O3S. The van der Waals surface area contributed by atoms with Crippen molar-refractivity contribution >= 4 is 10.0 Å². The minimum Gasteiger partial charge on any atom is -0.392 e. The van der Waals surface area contributed by atoms with Crippen LogP contribution in [0.15, 0.2) is 23.5 Å². The van der Waals surface area contributed by atoms with E-state index in [2.05, 4.69) is 20.0 Å². The summed E-state index contributed by atoms with van der Waals surface area (Å²) in [6, 6.07) is 1.71. The first-order valence-corrected chi connectivity index (χ1v) is 6.62. The summed E-state index contributed by atoms with van der Waals surface area (Å²) < 4.78 is 27.9. The number of aryl methyl sites for hydroxylation is 1. The van der Waals surface area contributed by atoms with Crippen molar-refractivity contribution in [1.82, 2.24) is 24.7 Å². The fourth-order valence-corrected chi connectivity index (χ4v) is 2.58. The lowest BCUT2D eigenvalue weighted by Crippen LogP contribution is -2.25. The van der Waals surface area contributed by atoms with E-state index in [0.717, 1.165) is 5.69 Å². The fourth-order valence-electron chi connectivity index (χ4n) is 1.46. The number of aliphatic hydroxyl groups is 1. The van der Waals surface area contributed by atoms with Crippen LogP contribution in [0.25, 0.3) is 0 Å². The highest BCUT2D eigenvalue weighted by Gasteiger charge is 2.20. The standard InChI is InChI=1S/C9H13N5O3S/c1-14-8(2-3-11-14)5-12-18(16,17)9-7(6-15)4-10-13-9/h2-4,12,15H,5-6H2,1H3,(H,10,13). The van der Waals surface area contributed by atoms with Crippen LogP contribution >= 0.6 is 0 Å². The van der Waals surface area contributed by atoms with E-state index in [1.807, 2.05) is 0 Å². The smallest absolute Gasteiger partial charge is 0.258 e. The molecule has 9 heteroatoms. The number of rotatable bonds is 5. The summed E-state index contributed by atoms with van der Waals surface area (Å²) in [5.74, 6) is 0. The average molecular weight is 271 g/mol. The van der Waals surface area contributed by atoms with Gasteiger partial charge in [-0.25, -0.2) is 13.1 Å². The summed E-state index contributed by atoms with van der Waals surface area (Å²) in [4.78, 5) is 0. The van der Waals surface area contributed by atoms with Gasteiger partial charge >= 0.3 is 0 Å². The summed E-state index contributed by atoms with van der Waals surface area (Å²) in [7, 11) is -2.00. The third-order valence-corrected chi connectivity index (χ3v) is 3.90. The number of aromatic nitrogens is 4. The van der Waals surface area contributed by atoms with Crippen LogP contribution in [0.3, 0.4) is 0 Å². The van der Waals surface area contributed by atoms with Crippen LogP contribution in [0.5, 0.6) is 0 Å². The molecule has 18 heavy (non-hydrogen) atoms. The van der Waals surface area contributed by atoms with Crippen molar-refractivity contribution in [3.63, 3.8) is 0 Å². The molecule has 2 rings (SSSR count). The summed E-state index contributed by atoms with van der Waals surface area (Å²) in [5, 5.41) is 18.8. The molecule has 98 valence electrons. The van der Waals surface area contributed by atoms with Gasteiger partial charge in [-0.2, -0.15) is 10.2 Å². The number of hydrogen-bond donors (Lipinski definition) is 3. The summed E-state index contributed by atoms with van der Waals surface area (Å²) >= 11 is 0. The van der Waals surface area contributed by atoms with Gasteiger partial charge in [-0.3, -0.25) is 9.78 Å². The normalized spacial score (nSPS) is 11.9. The second kappa shape index (κ2) is 4.88. The maximum Gasteiger partial charge on any atom is 0.258 e. The molecule has 0 fully saturated rings. The molecule has 0 unspecified atom stereocenters. The first-order chi connectivity index (χ1) is 8.54. The molecule has 0 saturated heterocycles. The van der Waals surface area contributed by atoms with Crippen LogP contribution in [0, 0.1) is 0 Å². The molecule has 0 aromatic carbocycles. The third-order valence-electron chi connectivity index (χ3n) is 2.48. The second-order valence-corrected chi connectivity index (χ2v) is 5.36. The van der Waals surface area contributed by atoms with Crippen molar-refractivity contribution in [2.45, 2.75) is 18.2 Å². The molecule has 2 aromatic rings. The predicted octanol–water partition coefficient (Wildman–Crippen LogP) is -0.886. The topological polar surface area (TPSA) is 113 Å². The number of aromatic amines is 1. The van der Waals surface area contributed by atoms with Gasteiger partial charge in [0.05, 0.1) is 25.0 Å². The Hall–Kier alpha value is -1.71. The van der Waals surface area contributed by atoms with Gasteiger partial charge in [0.15, 0.2) is 5.03 Å². The maximum atomic E-state index is 12.0. The Balaban J connectivity index is 2.16. The monoisotopic (exact) mass is 271 g/mol. The quantitative estimate of drug-likeness (QED) is 0.653. The molecule has 0 spiro atoms. The zero-order valence-electron chi connectivity index (χ0n) is 9.66. The van der Waals surface area contributed by atoms with Gasteiger partial charge in [-0.1, -0.05) is 0 Å². The van der Waals surface area contributed by atoms with Crippen molar-refractivity contribution in [3.05, 3.63) is 29.7 Å². The number of hydrogen-bond acceptors (Lipinski definition) is 5. The molecule has 0 amide bonds. The Kier molecular flexibility index (Phi) is 3.45. The van der Waals surface area contributed by atoms with E-state index in [0.29, 0.717) is 0 Å². The Morgan fingerprint density at radius 1 is 1.56 bits per heavy atom.